The van der Waals surface area contributed by atoms with Gasteiger partial charge >= 0.3 is 0 Å². The van der Waals surface area contributed by atoms with Crippen molar-refractivity contribution >= 4 is 11.8 Å². The molecule has 88 valence electrons. The number of hydrogen-bond acceptors (Lipinski definition) is 2. The standard InChI is InChI=1S/C14H10N2O2/c15-13(17)9-4-6-10(7-5-9)14(18)16-11-2-1-3-12(16)8-11/h1-8H,(H2,15,17). The van der Waals surface area contributed by atoms with E-state index >= 15 is 0 Å². The van der Waals surface area contributed by atoms with Crippen LogP contribution in [0.3, 0.4) is 0 Å². The van der Waals surface area contributed by atoms with Gasteiger partial charge in [0.05, 0.1) is 11.4 Å². The van der Waals surface area contributed by atoms with Crippen LogP contribution in [0.1, 0.15) is 20.7 Å². The summed E-state index contributed by atoms with van der Waals surface area (Å²) in [6, 6.07) is 6.34. The van der Waals surface area contributed by atoms with Crippen LogP contribution in [0.15, 0.2) is 60.0 Å². The van der Waals surface area contributed by atoms with Gasteiger partial charge in [-0.05, 0) is 42.5 Å². The number of nitrogens with two attached hydrogens (primary N) is 1. The highest BCUT2D eigenvalue weighted by Gasteiger charge is 2.29. The number of carbonyl (C=O) groups is 2. The van der Waals surface area contributed by atoms with Crippen LogP contribution in [0.5, 0.6) is 0 Å². The third-order valence-electron chi connectivity index (χ3n) is 2.97. The van der Waals surface area contributed by atoms with Crippen molar-refractivity contribution in [1.82, 2.24) is 4.90 Å². The van der Waals surface area contributed by atoms with E-state index in [1.165, 1.54) is 0 Å². The van der Waals surface area contributed by atoms with Crippen LogP contribution in [-0.4, -0.2) is 16.7 Å². The summed E-state index contributed by atoms with van der Waals surface area (Å²) in [5.74, 6) is -0.595. The summed E-state index contributed by atoms with van der Waals surface area (Å²) >= 11 is 0. The van der Waals surface area contributed by atoms with E-state index in [1.807, 2.05) is 24.3 Å². The van der Waals surface area contributed by atoms with Crippen LogP contribution in [-0.2, 0) is 0 Å². The quantitative estimate of drug-likeness (QED) is 0.850. The Hall–Kier alpha value is -2.62. The Morgan fingerprint density at radius 2 is 1.67 bits per heavy atom. The normalized spacial score (nSPS) is 15.7. The van der Waals surface area contributed by atoms with Gasteiger partial charge in [0.15, 0.2) is 0 Å². The van der Waals surface area contributed by atoms with Gasteiger partial charge in [-0.1, -0.05) is 6.08 Å². The maximum atomic E-state index is 12.2. The first-order valence-electron chi connectivity index (χ1n) is 5.51. The van der Waals surface area contributed by atoms with Gasteiger partial charge < -0.3 is 5.73 Å². The molecule has 0 fully saturated rings. The lowest BCUT2D eigenvalue weighted by atomic mass is 10.0. The molecule has 18 heavy (non-hydrogen) atoms. The molecule has 4 heteroatoms. The van der Waals surface area contributed by atoms with Gasteiger partial charge in [-0.15, -0.1) is 0 Å². The second kappa shape index (κ2) is 3.70. The van der Waals surface area contributed by atoms with Crippen LogP contribution >= 0.6 is 0 Å². The van der Waals surface area contributed by atoms with Gasteiger partial charge in [-0.25, -0.2) is 0 Å². The average molecular weight is 238 g/mol. The van der Waals surface area contributed by atoms with Crippen LogP contribution < -0.4 is 5.73 Å². The molecule has 0 spiro atoms. The molecule has 2 amide bonds. The van der Waals surface area contributed by atoms with Crippen LogP contribution in [0.25, 0.3) is 0 Å². The van der Waals surface area contributed by atoms with Crippen LogP contribution in [0.4, 0.5) is 0 Å². The number of nitrogens with zero attached hydrogens (tertiary/aromatic N) is 1. The van der Waals surface area contributed by atoms with Crippen molar-refractivity contribution in [3.63, 3.8) is 0 Å². The fourth-order valence-electron chi connectivity index (χ4n) is 1.99. The number of allylic oxidation sites excluding steroid dienone is 4. The molecule has 3 rings (SSSR count). The molecule has 0 aromatic heterocycles. The first kappa shape index (κ1) is 10.5. The van der Waals surface area contributed by atoms with Crippen molar-refractivity contribution < 1.29 is 9.59 Å². The minimum Gasteiger partial charge on any atom is -0.366 e. The zero-order valence-electron chi connectivity index (χ0n) is 9.46. The topological polar surface area (TPSA) is 63.4 Å². The number of primary amides is 1. The molecule has 2 bridgehead atoms. The third kappa shape index (κ3) is 1.47. The summed E-state index contributed by atoms with van der Waals surface area (Å²) in [4.78, 5) is 24.8. The van der Waals surface area contributed by atoms with Crippen LogP contribution in [0, 0.1) is 0 Å². The Morgan fingerprint density at radius 1 is 1.00 bits per heavy atom. The largest absolute Gasteiger partial charge is 0.366 e. The average Bonchev–Trinajstić information content (AvgIpc) is 2.39. The van der Waals surface area contributed by atoms with Crippen molar-refractivity contribution in [2.45, 2.75) is 0 Å². The van der Waals surface area contributed by atoms with E-state index in [0.717, 1.165) is 11.4 Å². The van der Waals surface area contributed by atoms with Gasteiger partial charge in [-0.2, -0.15) is 0 Å². The fourth-order valence-corrected chi connectivity index (χ4v) is 1.99. The summed E-state index contributed by atoms with van der Waals surface area (Å²) in [6.07, 6.45) is 7.60. The molecule has 0 saturated carbocycles. The smallest absolute Gasteiger partial charge is 0.262 e. The van der Waals surface area contributed by atoms with E-state index in [2.05, 4.69) is 0 Å². The van der Waals surface area contributed by atoms with Gasteiger partial charge in [-0.3, -0.25) is 14.5 Å². The Morgan fingerprint density at radius 3 is 2.17 bits per heavy atom. The van der Waals surface area contributed by atoms with E-state index in [1.54, 1.807) is 29.2 Å². The molecule has 1 aromatic rings. The molecule has 2 N–H and O–H groups in total. The van der Waals surface area contributed by atoms with Crippen molar-refractivity contribution in [3.05, 3.63) is 71.1 Å². The van der Waals surface area contributed by atoms with Crippen molar-refractivity contribution in [1.29, 1.82) is 0 Å². The van der Waals surface area contributed by atoms with Crippen molar-refractivity contribution in [2.24, 2.45) is 5.73 Å². The first-order valence-corrected chi connectivity index (χ1v) is 5.51. The lowest BCUT2D eigenvalue weighted by Crippen LogP contribution is -2.35. The van der Waals surface area contributed by atoms with Gasteiger partial charge in [0.25, 0.3) is 5.91 Å². The number of rotatable bonds is 2. The molecule has 2 aliphatic rings. The molecule has 2 heterocycles. The summed E-state index contributed by atoms with van der Waals surface area (Å²) in [5, 5.41) is 0. The van der Waals surface area contributed by atoms with E-state index < -0.39 is 5.91 Å². The monoisotopic (exact) mass is 238 g/mol. The molecule has 0 aliphatic carbocycles. The number of hydrogen-bond donors (Lipinski definition) is 1. The molecule has 0 saturated heterocycles. The molecular formula is C14H10N2O2. The zero-order valence-corrected chi connectivity index (χ0v) is 9.46. The SMILES string of the molecule is NC(=O)c1ccc(C(=O)N2c3cccc2c3)cc1. The minimum absolute atomic E-state index is 0.0980. The highest BCUT2D eigenvalue weighted by atomic mass is 16.2. The Labute approximate surface area is 104 Å². The molecule has 1 aromatic carbocycles. The van der Waals surface area contributed by atoms with Gasteiger partial charge in [0, 0.05) is 11.1 Å². The maximum absolute atomic E-state index is 12.2. The Balaban J connectivity index is 1.86. The molecule has 4 nitrogen and oxygen atoms in total. The van der Waals surface area contributed by atoms with E-state index in [9.17, 15) is 9.59 Å². The zero-order chi connectivity index (χ0) is 12.7. The van der Waals surface area contributed by atoms with Gasteiger partial charge in [0.1, 0.15) is 0 Å². The summed E-state index contributed by atoms with van der Waals surface area (Å²) in [6.45, 7) is 0. The molecule has 2 aliphatic heterocycles. The predicted molar refractivity (Wildman–Crippen MR) is 66.4 cm³/mol. The molecule has 0 radical (unpaired) electrons. The lowest BCUT2D eigenvalue weighted by molar-refractivity contribution is 0.0836. The van der Waals surface area contributed by atoms with E-state index in [-0.39, 0.29) is 5.91 Å². The van der Waals surface area contributed by atoms with Crippen molar-refractivity contribution in [3.8, 4) is 0 Å². The maximum Gasteiger partial charge on any atom is 0.262 e. The van der Waals surface area contributed by atoms with E-state index in [4.69, 9.17) is 5.73 Å². The third-order valence-corrected chi connectivity index (χ3v) is 2.97. The van der Waals surface area contributed by atoms with Crippen LogP contribution in [0.2, 0.25) is 0 Å². The summed E-state index contributed by atoms with van der Waals surface area (Å²) in [5.41, 5.74) is 7.85. The Bertz CT molecular complexity index is 625. The summed E-state index contributed by atoms with van der Waals surface area (Å²) in [7, 11) is 0. The minimum atomic E-state index is -0.497. The Kier molecular flexibility index (Phi) is 2.16. The first-order chi connectivity index (χ1) is 8.66. The number of fused-ring (bicyclic) bond motifs is 2. The predicted octanol–water partition coefficient (Wildman–Crippen LogP) is 1.58. The second-order valence-corrected chi connectivity index (χ2v) is 4.10. The highest BCUT2D eigenvalue weighted by Crippen LogP contribution is 2.32. The number of benzene rings is 1. The summed E-state index contributed by atoms with van der Waals surface area (Å²) < 4.78 is 0. The molecular weight excluding hydrogens is 228 g/mol. The van der Waals surface area contributed by atoms with E-state index in [0.29, 0.717) is 11.1 Å². The lowest BCUT2D eigenvalue weighted by Gasteiger charge is -2.34. The fraction of sp³-hybridized carbons (Fsp3) is 0. The van der Waals surface area contributed by atoms with Crippen molar-refractivity contribution in [2.75, 3.05) is 0 Å². The molecule has 0 atom stereocenters. The second-order valence-electron chi connectivity index (χ2n) is 4.10. The molecule has 0 unspecified atom stereocenters. The highest BCUT2D eigenvalue weighted by molar-refractivity contribution is 6.00. The number of amides is 2. The number of carbonyl (C=O) groups excluding carboxylic acids is 2. The van der Waals surface area contributed by atoms with Gasteiger partial charge in [0.2, 0.25) is 5.91 Å².